The lowest BCUT2D eigenvalue weighted by atomic mass is 9.92. The second-order valence-electron chi connectivity index (χ2n) is 28.0. The first-order valence-corrected chi connectivity index (χ1v) is 39.5. The van der Waals surface area contributed by atoms with Crippen molar-refractivity contribution in [2.24, 2.45) is 9.98 Å². The number of hydrogen-bond acceptors (Lipinski definition) is 8. The van der Waals surface area contributed by atoms with E-state index in [9.17, 15) is 20.4 Å². The third-order valence-corrected chi connectivity index (χ3v) is 23.9. The molecule has 0 saturated heterocycles. The van der Waals surface area contributed by atoms with Crippen molar-refractivity contribution in [3.63, 3.8) is 0 Å². The summed E-state index contributed by atoms with van der Waals surface area (Å²) < 4.78 is 0.629. The second kappa shape index (κ2) is 32.5. The van der Waals surface area contributed by atoms with Crippen molar-refractivity contribution < 1.29 is 20.4 Å². The van der Waals surface area contributed by atoms with Gasteiger partial charge >= 0.3 is 0 Å². The van der Waals surface area contributed by atoms with Crippen molar-refractivity contribution in [1.29, 1.82) is 0 Å². The van der Waals surface area contributed by atoms with Crippen LogP contribution in [0.15, 0.2) is 378 Å². The SMILES string of the molecule is C=Nc1ccc2ccccc2c1-c1c(O)ccc2ccccc12.CN(C)c1ccc2ccccc2c1-c1c(P(c2ccccc2)c2ccccc2)ccc2ccccc12.Cc1cc(Br)c(O)c(C=Nc2ccc3ccccc3c2-c2c(O)ccc3ccccc23)c1.Nc1ccc2ccccc2c1-c1c(O)ccc2ccccc12. The summed E-state index contributed by atoms with van der Waals surface area (Å²) >= 11 is 3.40. The molecule has 546 valence electrons. The molecular weight excluding hydrogens is 1470 g/mol. The fourth-order valence-corrected chi connectivity index (χ4v) is 18.7. The average Bonchev–Trinajstić information content (AvgIpc) is 0.752. The molecule has 6 N–H and O–H groups in total. The third kappa shape index (κ3) is 14.7. The Morgan fingerprint density at radius 2 is 0.655 bits per heavy atom. The summed E-state index contributed by atoms with van der Waals surface area (Å²) in [5.41, 5.74) is 19.0. The van der Waals surface area contributed by atoms with Gasteiger partial charge in [0, 0.05) is 81.8 Å². The number of fused-ring (bicyclic) bond motifs is 8. The smallest absolute Gasteiger partial charge is 0.138 e. The number of nitrogens with two attached hydrogens (primary N) is 1. The molecular formula is C103H78BrN4O4P. The van der Waals surface area contributed by atoms with Crippen LogP contribution < -0.4 is 26.5 Å². The summed E-state index contributed by atoms with van der Waals surface area (Å²) in [4.78, 5) is 11.2. The highest BCUT2D eigenvalue weighted by molar-refractivity contribution is 9.10. The Hall–Kier alpha value is -13.7. The number of phenols is 4. The first-order chi connectivity index (χ1) is 55.3. The van der Waals surface area contributed by atoms with Crippen LogP contribution in [0.25, 0.3) is 131 Å². The van der Waals surface area contributed by atoms with Gasteiger partial charge in [-0.1, -0.05) is 309 Å². The molecule has 0 spiro atoms. The maximum Gasteiger partial charge on any atom is 0.138 e. The predicted molar refractivity (Wildman–Crippen MR) is 487 cm³/mol. The van der Waals surface area contributed by atoms with E-state index in [1.165, 1.54) is 54.3 Å². The molecule has 10 heteroatoms. The number of benzene rings is 19. The molecule has 0 aliphatic rings. The van der Waals surface area contributed by atoms with E-state index in [2.05, 4.69) is 204 Å². The number of nitrogens with zero attached hydrogens (tertiary/aromatic N) is 3. The van der Waals surface area contributed by atoms with Crippen LogP contribution in [-0.4, -0.2) is 47.5 Å². The van der Waals surface area contributed by atoms with Gasteiger partial charge in [0.15, 0.2) is 0 Å². The van der Waals surface area contributed by atoms with Crippen LogP contribution in [0.1, 0.15) is 11.1 Å². The Morgan fingerprint density at radius 3 is 1.07 bits per heavy atom. The van der Waals surface area contributed by atoms with Gasteiger partial charge < -0.3 is 31.1 Å². The van der Waals surface area contributed by atoms with E-state index in [4.69, 9.17) is 10.7 Å². The molecule has 8 nitrogen and oxygen atoms in total. The Balaban J connectivity index is 0.000000116. The van der Waals surface area contributed by atoms with Crippen molar-refractivity contribution in [2.45, 2.75) is 6.92 Å². The first kappa shape index (κ1) is 73.5. The largest absolute Gasteiger partial charge is 0.507 e. The molecule has 0 aliphatic heterocycles. The van der Waals surface area contributed by atoms with E-state index >= 15 is 0 Å². The van der Waals surface area contributed by atoms with Crippen LogP contribution in [0.3, 0.4) is 0 Å². The summed E-state index contributed by atoms with van der Waals surface area (Å²) in [7, 11) is 3.53. The van der Waals surface area contributed by atoms with Crippen LogP contribution in [-0.2, 0) is 0 Å². The number of hydrogen-bond donors (Lipinski definition) is 5. The highest BCUT2D eigenvalue weighted by Gasteiger charge is 2.26. The number of nitrogen functional groups attached to an aromatic ring is 1. The van der Waals surface area contributed by atoms with Gasteiger partial charge in [-0.05, 0) is 200 Å². The van der Waals surface area contributed by atoms with Crippen molar-refractivity contribution in [3.8, 4) is 67.5 Å². The number of aliphatic imine (C=N–C) groups is 2. The zero-order valence-corrected chi connectivity index (χ0v) is 64.9. The summed E-state index contributed by atoms with van der Waals surface area (Å²) in [6.45, 7) is 5.67. The minimum absolute atomic E-state index is 0.148. The molecule has 113 heavy (non-hydrogen) atoms. The first-order valence-electron chi connectivity index (χ1n) is 37.4. The van der Waals surface area contributed by atoms with E-state index < -0.39 is 7.92 Å². The number of halogens is 1. The fourth-order valence-electron chi connectivity index (χ4n) is 15.6. The van der Waals surface area contributed by atoms with Crippen LogP contribution in [0, 0.1) is 6.92 Å². The van der Waals surface area contributed by atoms with E-state index in [0.29, 0.717) is 21.4 Å². The molecule has 19 rings (SSSR count). The molecule has 0 bridgehead atoms. The Labute approximate surface area is 666 Å². The molecule has 0 radical (unpaired) electrons. The molecule has 0 unspecified atom stereocenters. The predicted octanol–water partition coefficient (Wildman–Crippen LogP) is 26.0. The molecule has 0 aromatic heterocycles. The maximum atomic E-state index is 10.9. The molecule has 19 aromatic rings. The number of aromatic hydroxyl groups is 4. The van der Waals surface area contributed by atoms with Crippen LogP contribution >= 0.6 is 23.9 Å². The van der Waals surface area contributed by atoms with Gasteiger partial charge in [0.2, 0.25) is 0 Å². The van der Waals surface area contributed by atoms with Gasteiger partial charge in [-0.25, -0.2) is 0 Å². The summed E-state index contributed by atoms with van der Waals surface area (Å²) in [6, 6.07) is 124. The number of rotatable bonds is 11. The van der Waals surface area contributed by atoms with E-state index in [1.807, 2.05) is 195 Å². The van der Waals surface area contributed by atoms with Crippen molar-refractivity contribution in [1.82, 2.24) is 0 Å². The lowest BCUT2D eigenvalue weighted by Crippen LogP contribution is -2.23. The van der Waals surface area contributed by atoms with E-state index in [0.717, 1.165) is 109 Å². The van der Waals surface area contributed by atoms with E-state index in [-0.39, 0.29) is 23.0 Å². The number of anilines is 2. The number of phenolic OH excluding ortho intramolecular Hbond substituents is 4. The third-order valence-electron chi connectivity index (χ3n) is 20.8. The van der Waals surface area contributed by atoms with Gasteiger partial charge in [0.25, 0.3) is 0 Å². The maximum absolute atomic E-state index is 10.9. The minimum atomic E-state index is -0.769. The minimum Gasteiger partial charge on any atom is -0.507 e. The van der Waals surface area contributed by atoms with Crippen molar-refractivity contribution >= 4 is 162 Å². The van der Waals surface area contributed by atoms with Crippen molar-refractivity contribution in [3.05, 3.63) is 380 Å². The van der Waals surface area contributed by atoms with Crippen LogP contribution in [0.4, 0.5) is 22.7 Å². The summed E-state index contributed by atoms with van der Waals surface area (Å²) in [5, 5.41) is 64.3. The van der Waals surface area contributed by atoms with Gasteiger partial charge in [-0.2, -0.15) is 0 Å². The fraction of sp³-hybridized carbons (Fsp3) is 0.0291. The zero-order valence-electron chi connectivity index (χ0n) is 62.5. The molecule has 0 amide bonds. The van der Waals surface area contributed by atoms with Crippen LogP contribution in [0.2, 0.25) is 0 Å². The summed E-state index contributed by atoms with van der Waals surface area (Å²) in [6.07, 6.45) is 1.67. The normalized spacial score (nSPS) is 11.3. The molecule has 0 saturated carbocycles. The molecule has 0 fully saturated rings. The summed E-state index contributed by atoms with van der Waals surface area (Å²) in [5.74, 6) is 0.860. The second-order valence-corrected chi connectivity index (χ2v) is 31.1. The molecule has 19 aromatic carbocycles. The lowest BCUT2D eigenvalue weighted by Gasteiger charge is -2.27. The quantitative estimate of drug-likeness (QED) is 0.0497. The topological polar surface area (TPSA) is 135 Å². The molecule has 0 aliphatic carbocycles. The van der Waals surface area contributed by atoms with E-state index in [1.54, 1.807) is 24.4 Å². The monoisotopic (exact) mass is 1540 g/mol. The Morgan fingerprint density at radius 1 is 0.336 bits per heavy atom. The number of aryl methyl sites for hydroxylation is 1. The standard InChI is InChI=1S/C34H28NP.C28H20BrNO2.C21H15NO.C20H15NO/c1-35(2)31-23-21-25-13-9-11-19-29(25)33(31)34-30-20-12-10-14-26(30)22-24-32(34)36(27-15-5-3-6-16-27)28-17-7-4-8-18-28;1-17-14-20(28(32)23(29)15-17)16-30-24-12-10-18-6-2-4-8-21(18)26(24)27-22-9-5-3-7-19(22)11-13-25(27)31;1-22-18-12-10-14-6-2-4-8-16(14)20(18)21-17-9-5-3-7-15(17)11-13-19(21)23;21-17-11-9-13-5-1-3-7-15(13)19(17)20-16-8-4-2-6-14(16)10-12-18(20)22/h3-24H,1-2H3;2-16,31-32H,1H3;2-13,23H,1H2;1-12,22H,21H2. The highest BCUT2D eigenvalue weighted by Crippen LogP contribution is 2.50. The van der Waals surface area contributed by atoms with Gasteiger partial charge in [-0.3, -0.25) is 9.98 Å². The van der Waals surface area contributed by atoms with Crippen molar-refractivity contribution in [2.75, 3.05) is 24.7 Å². The van der Waals surface area contributed by atoms with Gasteiger partial charge in [0.1, 0.15) is 23.0 Å². The van der Waals surface area contributed by atoms with Gasteiger partial charge in [0.05, 0.1) is 15.8 Å². The Kier molecular flexibility index (Phi) is 21.1. The zero-order chi connectivity index (χ0) is 77.6. The molecule has 0 heterocycles. The average molecular weight is 1550 g/mol. The molecule has 0 atom stereocenters. The lowest BCUT2D eigenvalue weighted by molar-refractivity contribution is 0.471. The van der Waals surface area contributed by atoms with Gasteiger partial charge in [-0.15, -0.1) is 0 Å². The highest BCUT2D eigenvalue weighted by atomic mass is 79.9. The van der Waals surface area contributed by atoms with Crippen LogP contribution in [0.5, 0.6) is 23.0 Å². The Bertz CT molecular complexity index is 6740.